The summed E-state index contributed by atoms with van der Waals surface area (Å²) in [5, 5.41) is 26.6. The minimum atomic E-state index is -0.738. The average molecular weight is 484 g/mol. The van der Waals surface area contributed by atoms with Gasteiger partial charge in [-0.05, 0) is 64.7 Å². The number of amides is 1. The number of aromatic nitrogens is 2. The van der Waals surface area contributed by atoms with Crippen molar-refractivity contribution < 1.29 is 18.8 Å². The van der Waals surface area contributed by atoms with Crippen LogP contribution in [0.1, 0.15) is 52.0 Å². The second-order valence-electron chi connectivity index (χ2n) is 9.69. The Hall–Kier alpha value is -4.01. The van der Waals surface area contributed by atoms with Crippen LogP contribution in [0.2, 0.25) is 0 Å². The van der Waals surface area contributed by atoms with Gasteiger partial charge in [-0.25, -0.2) is 19.2 Å². The van der Waals surface area contributed by atoms with E-state index >= 15 is 0 Å². The summed E-state index contributed by atoms with van der Waals surface area (Å²) in [5.41, 5.74) is -0.941. The van der Waals surface area contributed by atoms with Gasteiger partial charge >= 0.3 is 11.8 Å². The van der Waals surface area contributed by atoms with Gasteiger partial charge in [0, 0.05) is 18.1 Å². The van der Waals surface area contributed by atoms with Crippen LogP contribution in [0, 0.1) is 27.3 Å². The molecule has 2 bridgehead atoms. The highest BCUT2D eigenvalue weighted by molar-refractivity contribution is 5.74. The Labute approximate surface area is 201 Å². The Kier molecular flexibility index (Phi) is 6.43. The van der Waals surface area contributed by atoms with Gasteiger partial charge < -0.3 is 20.3 Å². The molecule has 2 fully saturated rings. The third-order valence-electron chi connectivity index (χ3n) is 6.03. The Bertz CT molecular complexity index is 1180. The molecule has 2 N–H and O–H groups in total. The zero-order chi connectivity index (χ0) is 25.3. The van der Waals surface area contributed by atoms with Gasteiger partial charge in [0.1, 0.15) is 17.7 Å². The largest absolute Gasteiger partial charge is 0.444 e. The summed E-state index contributed by atoms with van der Waals surface area (Å²) in [6.45, 7) is 5.47. The fourth-order valence-corrected chi connectivity index (χ4v) is 4.66. The number of hydrogen-bond donors (Lipinski definition) is 2. The first-order valence-electron chi connectivity index (χ1n) is 11.3. The average Bonchev–Trinajstić information content (AvgIpc) is 3.04. The molecule has 3 heterocycles. The molecule has 0 saturated carbocycles. The number of ether oxygens (including phenoxy) is 1. The van der Waals surface area contributed by atoms with E-state index in [9.17, 15) is 19.3 Å². The Balaban J connectivity index is 1.52. The number of carbonyl (C=O) groups excluding carboxylic acids is 1. The number of benzene rings is 1. The van der Waals surface area contributed by atoms with Crippen molar-refractivity contribution in [2.75, 3.05) is 10.6 Å². The lowest BCUT2D eigenvalue weighted by molar-refractivity contribution is -0.383. The Morgan fingerprint density at radius 3 is 2.49 bits per heavy atom. The van der Waals surface area contributed by atoms with E-state index in [1.54, 1.807) is 4.90 Å². The summed E-state index contributed by atoms with van der Waals surface area (Å²) in [5.74, 6) is -0.903. The molecule has 11 nitrogen and oxygen atoms in total. The van der Waals surface area contributed by atoms with Gasteiger partial charge in [-0.15, -0.1) is 0 Å². The first-order valence-corrected chi connectivity index (χ1v) is 11.3. The molecule has 0 unspecified atom stereocenters. The molecule has 2 aromatic rings. The van der Waals surface area contributed by atoms with E-state index in [2.05, 4.69) is 20.6 Å². The number of anilines is 3. The van der Waals surface area contributed by atoms with Crippen LogP contribution in [-0.4, -0.2) is 49.6 Å². The molecule has 35 heavy (non-hydrogen) atoms. The molecule has 4 rings (SSSR count). The van der Waals surface area contributed by atoms with E-state index in [0.717, 1.165) is 25.2 Å². The van der Waals surface area contributed by atoms with Gasteiger partial charge in [0.25, 0.3) is 0 Å². The van der Waals surface area contributed by atoms with Gasteiger partial charge in [0.05, 0.1) is 22.2 Å². The van der Waals surface area contributed by atoms with Crippen molar-refractivity contribution in [1.82, 2.24) is 14.9 Å². The maximum absolute atomic E-state index is 14.3. The van der Waals surface area contributed by atoms with Gasteiger partial charge in [0.15, 0.2) is 0 Å². The number of nitrogens with zero attached hydrogens (tertiary/aromatic N) is 5. The highest BCUT2D eigenvalue weighted by Gasteiger charge is 2.45. The second kappa shape index (κ2) is 9.32. The van der Waals surface area contributed by atoms with E-state index in [-0.39, 0.29) is 47.1 Å². The molecule has 1 amide bonds. The Morgan fingerprint density at radius 2 is 1.91 bits per heavy atom. The SMILES string of the molecule is CC(C)(C)OC(=O)N1[C@@H]2CC[C@@H]1CC(Nc1ncnc(Nc3ccc(C#N)cc3F)c1[N+](=O)[O-])C2. The van der Waals surface area contributed by atoms with E-state index in [0.29, 0.717) is 12.8 Å². The van der Waals surface area contributed by atoms with Gasteiger partial charge in [0.2, 0.25) is 11.6 Å². The number of nitro groups is 1. The summed E-state index contributed by atoms with van der Waals surface area (Å²) >= 11 is 0. The monoisotopic (exact) mass is 483 g/mol. The van der Waals surface area contributed by atoms with Crippen molar-refractivity contribution in [3.63, 3.8) is 0 Å². The van der Waals surface area contributed by atoms with E-state index in [1.807, 2.05) is 26.8 Å². The minimum absolute atomic E-state index is 0.0108. The molecule has 2 saturated heterocycles. The molecule has 0 spiro atoms. The summed E-state index contributed by atoms with van der Waals surface area (Å²) in [6.07, 6.45) is 3.65. The zero-order valence-corrected chi connectivity index (χ0v) is 19.6. The van der Waals surface area contributed by atoms with Crippen molar-refractivity contribution in [2.24, 2.45) is 0 Å². The molecular weight excluding hydrogens is 457 g/mol. The number of carbonyl (C=O) groups is 1. The lowest BCUT2D eigenvalue weighted by Gasteiger charge is -2.39. The lowest BCUT2D eigenvalue weighted by atomic mass is 9.97. The maximum atomic E-state index is 14.3. The topological polar surface area (TPSA) is 146 Å². The maximum Gasteiger partial charge on any atom is 0.410 e. The Morgan fingerprint density at radius 1 is 1.26 bits per heavy atom. The normalized spacial score (nSPS) is 21.2. The number of piperidine rings is 1. The number of nitrogens with one attached hydrogen (secondary N) is 2. The fourth-order valence-electron chi connectivity index (χ4n) is 4.66. The number of fused-ring (bicyclic) bond motifs is 2. The summed E-state index contributed by atoms with van der Waals surface area (Å²) in [7, 11) is 0. The van der Waals surface area contributed by atoms with Crippen LogP contribution in [0.25, 0.3) is 0 Å². The quantitative estimate of drug-likeness (QED) is 0.464. The molecule has 1 aromatic heterocycles. The predicted molar refractivity (Wildman–Crippen MR) is 125 cm³/mol. The van der Waals surface area contributed by atoms with Crippen molar-refractivity contribution in [2.45, 2.75) is 70.2 Å². The first kappa shape index (κ1) is 24.1. The molecule has 184 valence electrons. The third-order valence-corrected chi connectivity index (χ3v) is 6.03. The van der Waals surface area contributed by atoms with E-state index < -0.39 is 22.0 Å². The number of rotatable bonds is 5. The minimum Gasteiger partial charge on any atom is -0.444 e. The van der Waals surface area contributed by atoms with E-state index in [4.69, 9.17) is 10.00 Å². The highest BCUT2D eigenvalue weighted by Crippen LogP contribution is 2.39. The van der Waals surface area contributed by atoms with Crippen LogP contribution < -0.4 is 10.6 Å². The van der Waals surface area contributed by atoms with E-state index in [1.165, 1.54) is 12.1 Å². The van der Waals surface area contributed by atoms with Crippen LogP contribution in [0.4, 0.5) is 32.2 Å². The summed E-state index contributed by atoms with van der Waals surface area (Å²) < 4.78 is 19.9. The molecule has 2 atom stereocenters. The standard InChI is InChI=1S/C23H26FN7O4/c1-23(2,3)35-22(32)30-15-5-6-16(30)10-14(9-15)28-20-19(31(33)34)21(27-12-26-20)29-18-7-4-13(11-25)8-17(18)24/h4,7-8,12,14-16H,5-6,9-10H2,1-3H3,(H2,26,27,28,29)/t15-,16-/m1/s1. The van der Waals surface area contributed by atoms with Crippen LogP contribution in [0.15, 0.2) is 24.5 Å². The summed E-state index contributed by atoms with van der Waals surface area (Å²) in [6, 6.07) is 5.35. The molecule has 2 aliphatic heterocycles. The van der Waals surface area contributed by atoms with Crippen LogP contribution >= 0.6 is 0 Å². The van der Waals surface area contributed by atoms with Crippen LogP contribution in [0.5, 0.6) is 0 Å². The lowest BCUT2D eigenvalue weighted by Crippen LogP contribution is -2.51. The smallest absolute Gasteiger partial charge is 0.410 e. The first-order chi connectivity index (χ1) is 16.6. The van der Waals surface area contributed by atoms with Gasteiger partial charge in [-0.3, -0.25) is 10.1 Å². The highest BCUT2D eigenvalue weighted by atomic mass is 19.1. The molecule has 1 aromatic carbocycles. The molecular formula is C23H26FN7O4. The molecule has 0 aliphatic carbocycles. The van der Waals surface area contributed by atoms with Crippen molar-refractivity contribution in [3.05, 3.63) is 46.0 Å². The van der Waals surface area contributed by atoms with Crippen molar-refractivity contribution in [1.29, 1.82) is 5.26 Å². The number of halogens is 1. The number of hydrogen-bond acceptors (Lipinski definition) is 9. The van der Waals surface area contributed by atoms with Crippen molar-refractivity contribution >= 4 is 29.1 Å². The molecule has 2 aliphatic rings. The third kappa shape index (κ3) is 5.24. The fraction of sp³-hybridized carbons (Fsp3) is 0.478. The zero-order valence-electron chi connectivity index (χ0n) is 19.6. The van der Waals surface area contributed by atoms with Crippen LogP contribution in [0.3, 0.4) is 0 Å². The molecule has 0 radical (unpaired) electrons. The van der Waals surface area contributed by atoms with Gasteiger partial charge in [-0.1, -0.05) is 0 Å². The number of nitriles is 1. The molecule has 12 heteroatoms. The predicted octanol–water partition coefficient (Wildman–Crippen LogP) is 4.48. The van der Waals surface area contributed by atoms with Crippen molar-refractivity contribution in [3.8, 4) is 6.07 Å². The summed E-state index contributed by atoms with van der Waals surface area (Å²) in [4.78, 5) is 33.8. The van der Waals surface area contributed by atoms with Gasteiger partial charge in [-0.2, -0.15) is 5.26 Å². The van der Waals surface area contributed by atoms with Crippen LogP contribution in [-0.2, 0) is 4.74 Å². The second-order valence-corrected chi connectivity index (χ2v) is 9.69.